The number of nitrogens with two attached hydrogens (primary N) is 1. The summed E-state index contributed by atoms with van der Waals surface area (Å²) in [5, 5.41) is 14.8. The van der Waals surface area contributed by atoms with Crippen LogP contribution in [0.2, 0.25) is 0 Å². The molecule has 0 bridgehead atoms. The number of aliphatic hydroxyl groups is 1. The highest BCUT2D eigenvalue weighted by atomic mass is 32.1. The van der Waals surface area contributed by atoms with Gasteiger partial charge >= 0.3 is 0 Å². The molecule has 2 aromatic rings. The van der Waals surface area contributed by atoms with Crippen LogP contribution in [0.3, 0.4) is 0 Å². The first-order chi connectivity index (χ1) is 9.85. The van der Waals surface area contributed by atoms with Gasteiger partial charge in [-0.2, -0.15) is 0 Å². The molecule has 4 N–H and O–H groups in total. The zero-order valence-electron chi connectivity index (χ0n) is 12.0. The lowest BCUT2D eigenvalue weighted by atomic mass is 10.1. The molecule has 114 valence electrons. The molecule has 0 saturated carbocycles. The summed E-state index contributed by atoms with van der Waals surface area (Å²) in [4.78, 5) is 18.2. The molecular formula is C14H19N3O2S2. The van der Waals surface area contributed by atoms with Crippen LogP contribution in [0, 0.1) is 0 Å². The molecular weight excluding hydrogens is 306 g/mol. The quantitative estimate of drug-likeness (QED) is 0.760. The Hall–Kier alpha value is -1.44. The topological polar surface area (TPSA) is 88.2 Å². The van der Waals surface area contributed by atoms with Gasteiger partial charge in [0, 0.05) is 17.8 Å². The van der Waals surface area contributed by atoms with Gasteiger partial charge in [0.2, 0.25) is 5.91 Å². The van der Waals surface area contributed by atoms with Crippen molar-refractivity contribution in [1.82, 2.24) is 10.3 Å². The minimum Gasteiger partial charge on any atom is -0.389 e. The van der Waals surface area contributed by atoms with Crippen molar-refractivity contribution in [3.63, 3.8) is 0 Å². The van der Waals surface area contributed by atoms with Crippen molar-refractivity contribution in [2.75, 3.05) is 12.3 Å². The Morgan fingerprint density at radius 1 is 1.52 bits per heavy atom. The third kappa shape index (κ3) is 4.80. The van der Waals surface area contributed by atoms with Gasteiger partial charge in [0.1, 0.15) is 0 Å². The van der Waals surface area contributed by atoms with Crippen LogP contribution >= 0.6 is 22.7 Å². The average molecular weight is 325 g/mol. The SMILES string of the molecule is CC(C)(O)CNC(=O)CCc1sc(N)nc1-c1cccs1. The number of nitrogen functional groups attached to an aromatic ring is 1. The Morgan fingerprint density at radius 2 is 2.29 bits per heavy atom. The zero-order valence-corrected chi connectivity index (χ0v) is 13.7. The van der Waals surface area contributed by atoms with Crippen molar-refractivity contribution < 1.29 is 9.90 Å². The number of hydrogen-bond acceptors (Lipinski definition) is 6. The number of aromatic nitrogens is 1. The van der Waals surface area contributed by atoms with E-state index in [2.05, 4.69) is 10.3 Å². The Labute approximate surface area is 131 Å². The lowest BCUT2D eigenvalue weighted by Crippen LogP contribution is -2.38. The number of nitrogens with one attached hydrogen (secondary N) is 1. The van der Waals surface area contributed by atoms with Gasteiger partial charge in [-0.05, 0) is 31.7 Å². The molecule has 0 spiro atoms. The lowest BCUT2D eigenvalue weighted by Gasteiger charge is -2.17. The maximum atomic E-state index is 11.8. The monoisotopic (exact) mass is 325 g/mol. The number of carbonyl (C=O) groups is 1. The summed E-state index contributed by atoms with van der Waals surface area (Å²) in [6.45, 7) is 3.56. The minimum absolute atomic E-state index is 0.0822. The Morgan fingerprint density at radius 3 is 2.90 bits per heavy atom. The molecule has 0 radical (unpaired) electrons. The van der Waals surface area contributed by atoms with Crippen LogP contribution in [-0.4, -0.2) is 28.1 Å². The van der Waals surface area contributed by atoms with Crippen LogP contribution < -0.4 is 11.1 Å². The zero-order chi connectivity index (χ0) is 15.5. The predicted molar refractivity (Wildman–Crippen MR) is 87.5 cm³/mol. The molecule has 0 fully saturated rings. The molecule has 0 aliphatic rings. The Balaban J connectivity index is 1.96. The number of amides is 1. The average Bonchev–Trinajstić information content (AvgIpc) is 3.01. The van der Waals surface area contributed by atoms with Crippen molar-refractivity contribution in [2.24, 2.45) is 0 Å². The summed E-state index contributed by atoms with van der Waals surface area (Å²) in [6.07, 6.45) is 0.954. The molecule has 5 nitrogen and oxygen atoms in total. The number of aryl methyl sites for hydroxylation is 1. The summed E-state index contributed by atoms with van der Waals surface area (Å²) < 4.78 is 0. The second-order valence-corrected chi connectivity index (χ2v) is 7.45. The van der Waals surface area contributed by atoms with Gasteiger partial charge in [0.25, 0.3) is 0 Å². The second-order valence-electron chi connectivity index (χ2n) is 5.39. The molecule has 0 aliphatic carbocycles. The van der Waals surface area contributed by atoms with Crippen LogP contribution in [0.15, 0.2) is 17.5 Å². The first kappa shape index (κ1) is 15.9. The third-order valence-electron chi connectivity index (χ3n) is 2.77. The van der Waals surface area contributed by atoms with Crippen molar-refractivity contribution in [3.05, 3.63) is 22.4 Å². The Bertz CT molecular complexity index is 600. The summed E-state index contributed by atoms with van der Waals surface area (Å²) in [6, 6.07) is 3.96. The van der Waals surface area contributed by atoms with E-state index in [9.17, 15) is 9.90 Å². The molecule has 2 heterocycles. The summed E-state index contributed by atoms with van der Waals surface area (Å²) in [5.41, 5.74) is 5.77. The summed E-state index contributed by atoms with van der Waals surface area (Å²) in [7, 11) is 0. The Kier molecular flexibility index (Phi) is 4.97. The number of anilines is 1. The fourth-order valence-electron chi connectivity index (χ4n) is 1.78. The molecule has 0 atom stereocenters. The van der Waals surface area contributed by atoms with Gasteiger partial charge in [0.05, 0.1) is 16.2 Å². The standard InChI is InChI=1S/C14H19N3O2S2/c1-14(2,19)8-16-11(18)6-5-10-12(17-13(15)21-10)9-4-3-7-20-9/h3-4,7,19H,5-6,8H2,1-2H3,(H2,15,17)(H,16,18). The van der Waals surface area contributed by atoms with Crippen molar-refractivity contribution in [1.29, 1.82) is 0 Å². The van der Waals surface area contributed by atoms with Gasteiger partial charge in [-0.25, -0.2) is 4.98 Å². The van der Waals surface area contributed by atoms with E-state index in [4.69, 9.17) is 5.73 Å². The van der Waals surface area contributed by atoms with Crippen LogP contribution in [0.4, 0.5) is 5.13 Å². The molecule has 0 unspecified atom stereocenters. The lowest BCUT2D eigenvalue weighted by molar-refractivity contribution is -0.122. The highest BCUT2D eigenvalue weighted by Crippen LogP contribution is 2.33. The maximum Gasteiger partial charge on any atom is 0.220 e. The van der Waals surface area contributed by atoms with E-state index in [0.29, 0.717) is 18.0 Å². The molecule has 7 heteroatoms. The van der Waals surface area contributed by atoms with Gasteiger partial charge in [-0.1, -0.05) is 6.07 Å². The fraction of sp³-hybridized carbons (Fsp3) is 0.429. The van der Waals surface area contributed by atoms with Crippen LogP contribution in [0.1, 0.15) is 25.1 Å². The van der Waals surface area contributed by atoms with Crippen molar-refractivity contribution in [2.45, 2.75) is 32.3 Å². The molecule has 0 saturated heterocycles. The number of rotatable bonds is 6. The first-order valence-corrected chi connectivity index (χ1v) is 8.33. The number of hydrogen-bond donors (Lipinski definition) is 3. The number of thiophene rings is 1. The summed E-state index contributed by atoms with van der Waals surface area (Å²) in [5.74, 6) is -0.0822. The van der Waals surface area contributed by atoms with Gasteiger partial charge in [0.15, 0.2) is 5.13 Å². The highest BCUT2D eigenvalue weighted by molar-refractivity contribution is 7.17. The molecule has 0 aliphatic heterocycles. The molecule has 1 amide bonds. The smallest absolute Gasteiger partial charge is 0.220 e. The second kappa shape index (κ2) is 6.55. The van der Waals surface area contributed by atoms with Crippen molar-refractivity contribution in [3.8, 4) is 10.6 Å². The number of carbonyl (C=O) groups excluding carboxylic acids is 1. The highest BCUT2D eigenvalue weighted by Gasteiger charge is 2.16. The number of nitrogens with zero attached hydrogens (tertiary/aromatic N) is 1. The van der Waals surface area contributed by atoms with E-state index in [1.54, 1.807) is 25.2 Å². The van der Waals surface area contributed by atoms with E-state index < -0.39 is 5.60 Å². The predicted octanol–water partition coefficient (Wildman–Crippen LogP) is 2.27. The van der Waals surface area contributed by atoms with Gasteiger partial charge in [-0.3, -0.25) is 4.79 Å². The largest absolute Gasteiger partial charge is 0.389 e. The van der Waals surface area contributed by atoms with Gasteiger partial charge < -0.3 is 16.2 Å². The van der Waals surface area contributed by atoms with Crippen LogP contribution in [-0.2, 0) is 11.2 Å². The fourth-order valence-corrected chi connectivity index (χ4v) is 3.43. The van der Waals surface area contributed by atoms with Crippen molar-refractivity contribution >= 4 is 33.7 Å². The van der Waals surface area contributed by atoms with Crippen LogP contribution in [0.5, 0.6) is 0 Å². The van der Waals surface area contributed by atoms with E-state index in [1.165, 1.54) is 11.3 Å². The molecule has 0 aromatic carbocycles. The number of thiazole rings is 1. The third-order valence-corrected chi connectivity index (χ3v) is 4.59. The minimum atomic E-state index is -0.896. The molecule has 21 heavy (non-hydrogen) atoms. The first-order valence-electron chi connectivity index (χ1n) is 6.63. The molecule has 2 rings (SSSR count). The van der Waals surface area contributed by atoms with E-state index in [0.717, 1.165) is 15.4 Å². The van der Waals surface area contributed by atoms with E-state index in [-0.39, 0.29) is 12.5 Å². The normalized spacial score (nSPS) is 11.6. The van der Waals surface area contributed by atoms with E-state index in [1.807, 2.05) is 17.5 Å². The van der Waals surface area contributed by atoms with Gasteiger partial charge in [-0.15, -0.1) is 22.7 Å². The summed E-state index contributed by atoms with van der Waals surface area (Å²) >= 11 is 3.03. The maximum absolute atomic E-state index is 11.8. The molecule has 2 aromatic heterocycles. The van der Waals surface area contributed by atoms with Crippen LogP contribution in [0.25, 0.3) is 10.6 Å². The van der Waals surface area contributed by atoms with E-state index >= 15 is 0 Å².